The highest BCUT2D eigenvalue weighted by molar-refractivity contribution is 6.98. The maximum Gasteiger partial charge on any atom is 0.260 e. The zero-order valence-corrected chi connectivity index (χ0v) is 39.0. The summed E-state index contributed by atoms with van der Waals surface area (Å²) in [6.45, 7) is 34.5. The Hall–Kier alpha value is -5.42. The minimum atomic E-state index is -0.218. The van der Waals surface area contributed by atoms with Crippen molar-refractivity contribution in [3.05, 3.63) is 119 Å². The second-order valence-corrected chi connectivity index (χ2v) is 23.1. The number of ether oxygens (including phenoxy) is 2. The molecule has 6 aromatic carbocycles. The van der Waals surface area contributed by atoms with Crippen molar-refractivity contribution in [2.75, 3.05) is 0 Å². The molecule has 2 aliphatic rings. The van der Waals surface area contributed by atoms with E-state index >= 15 is 0 Å². The van der Waals surface area contributed by atoms with E-state index < -0.39 is 0 Å². The molecule has 0 aliphatic carbocycles. The molecule has 2 aliphatic heterocycles. The summed E-state index contributed by atoms with van der Waals surface area (Å²) in [5.41, 5.74) is 14.0. The zero-order valence-electron chi connectivity index (χ0n) is 39.0. The lowest BCUT2D eigenvalue weighted by Gasteiger charge is -2.36. The van der Waals surface area contributed by atoms with Gasteiger partial charge in [0.2, 0.25) is 0 Å². The smallest absolute Gasteiger partial charge is 0.260 e. The SMILES string of the molecule is CC(C)(C)c1cc2c3c(c1)Oc1c(cc4c(c1-n1c5ccc(C(C)(C)C)cc5c5cc(C(C)(C)C)ccc51)c1ccccc1n4C(C)(C)C)B3c1cc(C(C)(C)C)ccc1O2. The first-order chi connectivity index (χ1) is 28.4. The van der Waals surface area contributed by atoms with Crippen molar-refractivity contribution < 1.29 is 9.47 Å². The third-order valence-corrected chi connectivity index (χ3v) is 13.5. The molecule has 0 amide bonds. The highest BCUT2D eigenvalue weighted by Gasteiger charge is 2.44. The molecule has 0 atom stereocenters. The molecule has 0 bridgehead atoms. The van der Waals surface area contributed by atoms with Gasteiger partial charge in [-0.3, -0.25) is 0 Å². The normalized spacial score (nSPS) is 14.4. The van der Waals surface area contributed by atoms with Crippen molar-refractivity contribution in [3.63, 3.8) is 0 Å². The van der Waals surface area contributed by atoms with Crippen molar-refractivity contribution >= 4 is 66.7 Å². The summed E-state index contributed by atoms with van der Waals surface area (Å²) in [4.78, 5) is 0. The van der Waals surface area contributed by atoms with E-state index in [-0.39, 0.29) is 33.9 Å². The number of hydrogen-bond acceptors (Lipinski definition) is 2. The van der Waals surface area contributed by atoms with Crippen molar-refractivity contribution in [2.45, 2.75) is 131 Å². The molecule has 2 aromatic heterocycles. The Labute approximate surface area is 363 Å². The lowest BCUT2D eigenvalue weighted by atomic mass is 9.34. The van der Waals surface area contributed by atoms with Crippen LogP contribution in [0.4, 0.5) is 0 Å². The van der Waals surface area contributed by atoms with Gasteiger partial charge in [-0.2, -0.15) is 0 Å². The molecule has 310 valence electrons. The van der Waals surface area contributed by atoms with Gasteiger partial charge in [-0.05, 0) is 130 Å². The molecule has 61 heavy (non-hydrogen) atoms. The lowest BCUT2D eigenvalue weighted by molar-refractivity contribution is 0.423. The van der Waals surface area contributed by atoms with E-state index in [9.17, 15) is 0 Å². The standard InChI is InChI=1S/C56H61BN2O2/c1-52(2,3)32-20-23-41-37(26-32)38-27-33(53(4,5)6)21-24-42(38)58(41)50-48-36-18-16-17-19-43(36)59(56(13,14)15)44(48)31-40-51(50)61-47-30-35(55(10,11)12)29-46-49(47)57(40)39-28-34(54(7,8)9)22-25-45(39)60-46/h16-31H,1-15H3. The topological polar surface area (TPSA) is 28.3 Å². The molecule has 4 nitrogen and oxygen atoms in total. The van der Waals surface area contributed by atoms with Gasteiger partial charge < -0.3 is 18.6 Å². The average Bonchev–Trinajstić information content (AvgIpc) is 3.67. The lowest BCUT2D eigenvalue weighted by Crippen LogP contribution is -2.58. The summed E-state index contributed by atoms with van der Waals surface area (Å²) < 4.78 is 19.7. The number of para-hydroxylation sites is 1. The van der Waals surface area contributed by atoms with Crippen LogP contribution in [0.25, 0.3) is 49.3 Å². The summed E-state index contributed by atoms with van der Waals surface area (Å²) >= 11 is 0. The molecule has 0 saturated carbocycles. The van der Waals surface area contributed by atoms with Crippen LogP contribution in [0.5, 0.6) is 23.0 Å². The van der Waals surface area contributed by atoms with E-state index in [2.05, 4.69) is 210 Å². The summed E-state index contributed by atoms with van der Waals surface area (Å²) in [5.74, 6) is 3.58. The summed E-state index contributed by atoms with van der Waals surface area (Å²) in [6.07, 6.45) is 0. The molecule has 0 N–H and O–H groups in total. The van der Waals surface area contributed by atoms with Gasteiger partial charge in [0, 0.05) is 38.1 Å². The van der Waals surface area contributed by atoms with E-state index in [1.807, 2.05) is 0 Å². The van der Waals surface area contributed by atoms with Gasteiger partial charge in [0.15, 0.2) is 0 Å². The molecule has 8 aromatic rings. The van der Waals surface area contributed by atoms with Gasteiger partial charge in [-0.25, -0.2) is 0 Å². The van der Waals surface area contributed by atoms with Crippen molar-refractivity contribution in [1.29, 1.82) is 0 Å². The number of rotatable bonds is 1. The Balaban J connectivity index is 1.43. The van der Waals surface area contributed by atoms with Crippen LogP contribution in [0, 0.1) is 0 Å². The molecule has 5 heteroatoms. The third kappa shape index (κ3) is 6.00. The van der Waals surface area contributed by atoms with Gasteiger partial charge in [0.25, 0.3) is 6.71 Å². The van der Waals surface area contributed by atoms with Crippen LogP contribution in [0.2, 0.25) is 0 Å². The first kappa shape index (κ1) is 39.7. The van der Waals surface area contributed by atoms with Gasteiger partial charge in [-0.15, -0.1) is 0 Å². The fraction of sp³-hybridized carbons (Fsp3) is 0.357. The largest absolute Gasteiger partial charge is 0.458 e. The van der Waals surface area contributed by atoms with Gasteiger partial charge in [-0.1, -0.05) is 126 Å². The maximum atomic E-state index is 7.62. The second kappa shape index (κ2) is 12.6. The van der Waals surface area contributed by atoms with Crippen molar-refractivity contribution in [1.82, 2.24) is 9.13 Å². The number of nitrogens with zero attached hydrogens (tertiary/aromatic N) is 2. The van der Waals surface area contributed by atoms with Gasteiger partial charge >= 0.3 is 0 Å². The first-order valence-electron chi connectivity index (χ1n) is 22.3. The van der Waals surface area contributed by atoms with E-state index in [1.165, 1.54) is 71.3 Å². The molecule has 0 spiro atoms. The Morgan fingerprint density at radius 3 is 1.51 bits per heavy atom. The average molecular weight is 805 g/mol. The third-order valence-electron chi connectivity index (χ3n) is 13.5. The number of benzene rings is 6. The van der Waals surface area contributed by atoms with Crippen LogP contribution in [-0.4, -0.2) is 15.8 Å². The highest BCUT2D eigenvalue weighted by Crippen LogP contribution is 2.48. The van der Waals surface area contributed by atoms with Crippen LogP contribution in [-0.2, 0) is 27.2 Å². The molecule has 0 saturated heterocycles. The fourth-order valence-electron chi connectivity index (χ4n) is 10.1. The van der Waals surface area contributed by atoms with E-state index in [1.54, 1.807) is 0 Å². The molecule has 0 radical (unpaired) electrons. The van der Waals surface area contributed by atoms with Crippen LogP contribution < -0.4 is 25.9 Å². The number of fused-ring (bicyclic) bond motifs is 10. The summed E-state index contributed by atoms with van der Waals surface area (Å²) in [5, 5.41) is 4.95. The molecular formula is C56H61BN2O2. The first-order valence-corrected chi connectivity index (χ1v) is 22.3. The Kier molecular flexibility index (Phi) is 8.19. The predicted octanol–water partition coefficient (Wildman–Crippen LogP) is 13.6. The van der Waals surface area contributed by atoms with E-state index in [0.29, 0.717) is 0 Å². The number of aromatic nitrogens is 2. The molecule has 0 fully saturated rings. The minimum absolute atomic E-state index is 0.0127. The zero-order chi connectivity index (χ0) is 43.5. The Bertz CT molecular complexity index is 3090. The van der Waals surface area contributed by atoms with E-state index in [0.717, 1.165) is 39.6 Å². The predicted molar refractivity (Wildman–Crippen MR) is 261 cm³/mol. The van der Waals surface area contributed by atoms with Gasteiger partial charge in [0.05, 0.1) is 22.2 Å². The van der Waals surface area contributed by atoms with Crippen LogP contribution in [0.3, 0.4) is 0 Å². The molecular weight excluding hydrogens is 743 g/mol. The quantitative estimate of drug-likeness (QED) is 0.155. The summed E-state index contributed by atoms with van der Waals surface area (Å²) in [7, 11) is 0. The highest BCUT2D eigenvalue weighted by atomic mass is 16.5. The number of hydrogen-bond donors (Lipinski definition) is 0. The molecule has 0 unspecified atom stereocenters. The van der Waals surface area contributed by atoms with Crippen molar-refractivity contribution in [3.8, 4) is 28.7 Å². The van der Waals surface area contributed by atoms with Crippen LogP contribution >= 0.6 is 0 Å². The van der Waals surface area contributed by atoms with E-state index in [4.69, 9.17) is 9.47 Å². The second-order valence-electron chi connectivity index (χ2n) is 23.1. The monoisotopic (exact) mass is 804 g/mol. The maximum absolute atomic E-state index is 7.62. The van der Waals surface area contributed by atoms with Crippen LogP contribution in [0.1, 0.15) is 126 Å². The van der Waals surface area contributed by atoms with Crippen molar-refractivity contribution in [2.24, 2.45) is 0 Å². The Morgan fingerprint density at radius 1 is 0.426 bits per heavy atom. The van der Waals surface area contributed by atoms with Crippen LogP contribution in [0.15, 0.2) is 97.1 Å². The molecule has 10 rings (SSSR count). The minimum Gasteiger partial charge on any atom is -0.458 e. The summed E-state index contributed by atoms with van der Waals surface area (Å²) in [6, 6.07) is 37.2. The van der Waals surface area contributed by atoms with Gasteiger partial charge in [0.1, 0.15) is 23.0 Å². The molecule has 4 heterocycles. The Morgan fingerprint density at radius 2 is 0.951 bits per heavy atom. The fourth-order valence-corrected chi connectivity index (χ4v) is 10.1.